The molecule has 2 heterocycles. The predicted octanol–water partition coefficient (Wildman–Crippen LogP) is 3.12. The summed E-state index contributed by atoms with van der Waals surface area (Å²) in [6, 6.07) is 1.67. The number of nitrogens with zero attached hydrogens (tertiary/aromatic N) is 1. The highest BCUT2D eigenvalue weighted by Crippen LogP contribution is 2.33. The number of hydrogen-bond donors (Lipinski definition) is 1. The van der Waals surface area contributed by atoms with E-state index in [1.54, 1.807) is 16.2 Å². The van der Waals surface area contributed by atoms with Gasteiger partial charge in [-0.2, -0.15) is 0 Å². The Morgan fingerprint density at radius 3 is 2.56 bits per heavy atom. The van der Waals surface area contributed by atoms with Crippen molar-refractivity contribution in [3.8, 4) is 0 Å². The van der Waals surface area contributed by atoms with Crippen LogP contribution in [0.15, 0.2) is 15.9 Å². The number of urea groups is 1. The number of amides is 3. The molecular formula is C12H15BrN2O2S. The second-order valence-corrected chi connectivity index (χ2v) is 6.13. The number of nitrogens with one attached hydrogen (secondary N) is 1. The molecule has 2 rings (SSSR count). The smallest absolute Gasteiger partial charge is 0.305 e. The van der Waals surface area contributed by atoms with Crippen molar-refractivity contribution in [3.63, 3.8) is 0 Å². The van der Waals surface area contributed by atoms with Gasteiger partial charge in [0.25, 0.3) is 5.91 Å². The zero-order chi connectivity index (χ0) is 13.3. The first-order chi connectivity index (χ1) is 8.55. The van der Waals surface area contributed by atoms with Crippen molar-refractivity contribution in [1.29, 1.82) is 0 Å². The Balaban J connectivity index is 2.32. The molecule has 1 aliphatic rings. The van der Waals surface area contributed by atoms with Crippen LogP contribution in [0.2, 0.25) is 0 Å². The molecule has 0 spiro atoms. The molecule has 0 saturated carbocycles. The molecule has 1 saturated heterocycles. The zero-order valence-corrected chi connectivity index (χ0v) is 12.7. The molecule has 0 aliphatic carbocycles. The van der Waals surface area contributed by atoms with Crippen molar-refractivity contribution < 1.29 is 9.59 Å². The number of thiophene rings is 1. The van der Waals surface area contributed by atoms with E-state index >= 15 is 0 Å². The summed E-state index contributed by atoms with van der Waals surface area (Å²) in [5.74, 6) is -0.176. The Labute approximate surface area is 118 Å². The lowest BCUT2D eigenvalue weighted by atomic mass is 9.91. The first-order valence-electron chi connectivity index (χ1n) is 5.90. The summed E-state index contributed by atoms with van der Waals surface area (Å²) < 4.78 is 0.987. The minimum Gasteiger partial charge on any atom is -0.305 e. The van der Waals surface area contributed by atoms with Crippen molar-refractivity contribution in [2.24, 2.45) is 0 Å². The van der Waals surface area contributed by atoms with Crippen LogP contribution >= 0.6 is 27.3 Å². The largest absolute Gasteiger partial charge is 0.325 e. The number of rotatable bonds is 4. The quantitative estimate of drug-likeness (QED) is 0.862. The van der Waals surface area contributed by atoms with E-state index in [4.69, 9.17) is 0 Å². The third-order valence-corrected chi connectivity index (χ3v) is 5.48. The number of halogens is 1. The van der Waals surface area contributed by atoms with Gasteiger partial charge in [-0.25, -0.2) is 4.79 Å². The molecule has 0 unspecified atom stereocenters. The van der Waals surface area contributed by atoms with Crippen molar-refractivity contribution in [2.75, 3.05) is 0 Å². The van der Waals surface area contributed by atoms with E-state index in [0.29, 0.717) is 19.4 Å². The molecule has 1 fully saturated rings. The normalized spacial score (nSPS) is 18.3. The van der Waals surface area contributed by atoms with E-state index in [-0.39, 0.29) is 11.9 Å². The molecule has 1 aromatic rings. The molecular weight excluding hydrogens is 316 g/mol. The van der Waals surface area contributed by atoms with Gasteiger partial charge in [-0.3, -0.25) is 10.1 Å². The van der Waals surface area contributed by atoms with Crippen molar-refractivity contribution >= 4 is 39.2 Å². The first-order valence-corrected chi connectivity index (χ1v) is 7.57. The molecule has 1 aliphatic heterocycles. The third kappa shape index (κ3) is 1.97. The summed E-state index contributed by atoms with van der Waals surface area (Å²) in [5.41, 5.74) is -0.694. The van der Waals surface area contributed by atoms with Crippen LogP contribution in [0.25, 0.3) is 0 Å². The zero-order valence-electron chi connectivity index (χ0n) is 10.3. The van der Waals surface area contributed by atoms with Gasteiger partial charge in [-0.05, 0) is 40.2 Å². The lowest BCUT2D eigenvalue weighted by molar-refractivity contribution is -0.127. The van der Waals surface area contributed by atoms with Gasteiger partial charge in [0.15, 0.2) is 0 Å². The summed E-state index contributed by atoms with van der Waals surface area (Å²) in [6.45, 7) is 4.35. The van der Waals surface area contributed by atoms with Crippen LogP contribution in [-0.4, -0.2) is 22.4 Å². The SMILES string of the molecule is CCC1(CC)C(=O)NC(=O)N1Cc1sccc1Br. The number of carbonyl (C=O) groups is 2. The second-order valence-electron chi connectivity index (χ2n) is 4.28. The maximum Gasteiger partial charge on any atom is 0.325 e. The first kappa shape index (κ1) is 13.5. The van der Waals surface area contributed by atoms with Gasteiger partial charge in [0.1, 0.15) is 5.54 Å². The molecule has 98 valence electrons. The molecule has 0 atom stereocenters. The summed E-state index contributed by atoms with van der Waals surface area (Å²) in [4.78, 5) is 26.7. The van der Waals surface area contributed by atoms with E-state index < -0.39 is 5.54 Å². The summed E-state index contributed by atoms with van der Waals surface area (Å²) >= 11 is 5.04. The van der Waals surface area contributed by atoms with E-state index in [1.165, 1.54) is 0 Å². The highest BCUT2D eigenvalue weighted by atomic mass is 79.9. The molecule has 0 bridgehead atoms. The van der Waals surface area contributed by atoms with Crippen LogP contribution in [0.1, 0.15) is 31.6 Å². The summed E-state index contributed by atoms with van der Waals surface area (Å²) in [7, 11) is 0. The lowest BCUT2D eigenvalue weighted by Gasteiger charge is -2.33. The molecule has 3 amide bonds. The Hall–Kier alpha value is -0.880. The number of hydrogen-bond acceptors (Lipinski definition) is 3. The average molecular weight is 331 g/mol. The standard InChI is InChI=1S/C12H15BrN2O2S/c1-3-12(4-2)10(16)14-11(17)15(12)7-9-8(13)5-6-18-9/h5-6H,3-4,7H2,1-2H3,(H,14,16,17). The van der Waals surface area contributed by atoms with Crippen LogP contribution < -0.4 is 5.32 Å². The highest BCUT2D eigenvalue weighted by molar-refractivity contribution is 9.10. The Bertz CT molecular complexity index is 482. The maximum absolute atomic E-state index is 12.0. The predicted molar refractivity (Wildman–Crippen MR) is 74.4 cm³/mol. The molecule has 1 N–H and O–H groups in total. The maximum atomic E-state index is 12.0. The van der Waals surface area contributed by atoms with Crippen LogP contribution in [0, 0.1) is 0 Å². The van der Waals surface area contributed by atoms with Crippen LogP contribution in [0.4, 0.5) is 4.79 Å². The lowest BCUT2D eigenvalue weighted by Crippen LogP contribution is -2.48. The number of carbonyl (C=O) groups excluding carboxylic acids is 2. The minimum atomic E-state index is -0.694. The summed E-state index contributed by atoms with van der Waals surface area (Å²) in [5, 5.41) is 4.40. The second kappa shape index (κ2) is 5.01. The molecule has 0 radical (unpaired) electrons. The van der Waals surface area contributed by atoms with Crippen LogP contribution in [-0.2, 0) is 11.3 Å². The Morgan fingerprint density at radius 1 is 1.39 bits per heavy atom. The Kier molecular flexibility index (Phi) is 3.77. The van der Waals surface area contributed by atoms with Crippen LogP contribution in [0.3, 0.4) is 0 Å². The summed E-state index contributed by atoms with van der Waals surface area (Å²) in [6.07, 6.45) is 1.26. The van der Waals surface area contributed by atoms with Gasteiger partial charge in [0.2, 0.25) is 0 Å². The van der Waals surface area contributed by atoms with Gasteiger partial charge in [0, 0.05) is 9.35 Å². The van der Waals surface area contributed by atoms with E-state index in [2.05, 4.69) is 21.2 Å². The van der Waals surface area contributed by atoms with Crippen molar-refractivity contribution in [2.45, 2.75) is 38.8 Å². The topological polar surface area (TPSA) is 49.4 Å². The fourth-order valence-corrected chi connectivity index (χ4v) is 3.82. The van der Waals surface area contributed by atoms with Gasteiger partial charge < -0.3 is 4.90 Å². The monoisotopic (exact) mass is 330 g/mol. The molecule has 4 nitrogen and oxygen atoms in total. The number of imide groups is 1. The molecule has 6 heteroatoms. The minimum absolute atomic E-state index is 0.176. The van der Waals surface area contributed by atoms with Gasteiger partial charge in [-0.1, -0.05) is 13.8 Å². The van der Waals surface area contributed by atoms with E-state index in [0.717, 1.165) is 9.35 Å². The van der Waals surface area contributed by atoms with Crippen LogP contribution in [0.5, 0.6) is 0 Å². The van der Waals surface area contributed by atoms with E-state index in [1.807, 2.05) is 25.3 Å². The Morgan fingerprint density at radius 2 is 2.06 bits per heavy atom. The highest BCUT2D eigenvalue weighted by Gasteiger charge is 2.50. The van der Waals surface area contributed by atoms with Crippen molar-refractivity contribution in [1.82, 2.24) is 10.2 Å². The molecule has 18 heavy (non-hydrogen) atoms. The van der Waals surface area contributed by atoms with Gasteiger partial charge in [0.05, 0.1) is 6.54 Å². The fraction of sp³-hybridized carbons (Fsp3) is 0.500. The molecule has 0 aromatic carbocycles. The molecule has 1 aromatic heterocycles. The fourth-order valence-electron chi connectivity index (χ4n) is 2.36. The van der Waals surface area contributed by atoms with Crippen molar-refractivity contribution in [3.05, 3.63) is 20.8 Å². The average Bonchev–Trinajstić information content (AvgIpc) is 2.84. The third-order valence-electron chi connectivity index (χ3n) is 3.57. The van der Waals surface area contributed by atoms with Gasteiger partial charge >= 0.3 is 6.03 Å². The van der Waals surface area contributed by atoms with Gasteiger partial charge in [-0.15, -0.1) is 11.3 Å². The van der Waals surface area contributed by atoms with E-state index in [9.17, 15) is 9.59 Å².